The van der Waals surface area contributed by atoms with Crippen LogP contribution in [0.5, 0.6) is 0 Å². The van der Waals surface area contributed by atoms with E-state index in [-0.39, 0.29) is 17.5 Å². The van der Waals surface area contributed by atoms with Crippen molar-refractivity contribution in [1.82, 2.24) is 29.9 Å². The predicted octanol–water partition coefficient (Wildman–Crippen LogP) is 0.974. The quantitative estimate of drug-likeness (QED) is 0.700. The normalized spacial score (nSPS) is 16.1. The van der Waals surface area contributed by atoms with E-state index in [0.717, 1.165) is 17.7 Å². The number of carbonyl (C=O) groups is 2. The number of hydrogen-bond donors (Lipinski definition) is 1. The summed E-state index contributed by atoms with van der Waals surface area (Å²) in [4.78, 5) is 30.0. The summed E-state index contributed by atoms with van der Waals surface area (Å²) in [6, 6.07) is 12.8. The second-order valence-electron chi connectivity index (χ2n) is 7.48. The van der Waals surface area contributed by atoms with Gasteiger partial charge in [-0.2, -0.15) is 0 Å². The maximum atomic E-state index is 13.4. The summed E-state index contributed by atoms with van der Waals surface area (Å²) >= 11 is 0. The SMILES string of the molecule is CN(C)CCNC(=O)C1Cc2ccccc2CN1C(=O)c1nnn2ccccc12. The number of benzene rings is 1. The predicted molar refractivity (Wildman–Crippen MR) is 108 cm³/mol. The summed E-state index contributed by atoms with van der Waals surface area (Å²) in [6.45, 7) is 1.63. The molecule has 8 heteroatoms. The molecule has 0 radical (unpaired) electrons. The number of fused-ring (bicyclic) bond motifs is 2. The minimum atomic E-state index is -0.583. The highest BCUT2D eigenvalue weighted by Crippen LogP contribution is 2.25. The number of rotatable bonds is 5. The van der Waals surface area contributed by atoms with E-state index in [2.05, 4.69) is 15.6 Å². The van der Waals surface area contributed by atoms with Crippen LogP contribution >= 0.6 is 0 Å². The highest BCUT2D eigenvalue weighted by Gasteiger charge is 2.36. The second kappa shape index (κ2) is 8.00. The Morgan fingerprint density at radius 1 is 1.14 bits per heavy atom. The Morgan fingerprint density at radius 2 is 1.90 bits per heavy atom. The third-order valence-corrected chi connectivity index (χ3v) is 5.20. The molecular weight excluding hydrogens is 368 g/mol. The molecule has 1 N–H and O–H groups in total. The number of nitrogens with one attached hydrogen (secondary N) is 1. The molecule has 0 saturated heterocycles. The van der Waals surface area contributed by atoms with Crippen molar-refractivity contribution in [2.24, 2.45) is 0 Å². The average molecular weight is 392 g/mol. The van der Waals surface area contributed by atoms with Gasteiger partial charge in [0.15, 0.2) is 5.69 Å². The van der Waals surface area contributed by atoms with Crippen molar-refractivity contribution in [3.63, 3.8) is 0 Å². The molecule has 29 heavy (non-hydrogen) atoms. The summed E-state index contributed by atoms with van der Waals surface area (Å²) in [6.07, 6.45) is 2.23. The molecule has 0 saturated carbocycles. The van der Waals surface area contributed by atoms with Crippen LogP contribution in [0.4, 0.5) is 0 Å². The zero-order valence-corrected chi connectivity index (χ0v) is 16.6. The van der Waals surface area contributed by atoms with Gasteiger partial charge < -0.3 is 15.1 Å². The van der Waals surface area contributed by atoms with Crippen LogP contribution in [0.25, 0.3) is 5.52 Å². The molecule has 8 nitrogen and oxygen atoms in total. The second-order valence-corrected chi connectivity index (χ2v) is 7.48. The summed E-state index contributed by atoms with van der Waals surface area (Å²) < 4.78 is 1.57. The first kappa shape index (κ1) is 19.1. The summed E-state index contributed by atoms with van der Waals surface area (Å²) in [7, 11) is 3.91. The zero-order chi connectivity index (χ0) is 20.4. The van der Waals surface area contributed by atoms with Crippen LogP contribution in [0.15, 0.2) is 48.7 Å². The number of aromatic nitrogens is 3. The van der Waals surface area contributed by atoms with Crippen molar-refractivity contribution in [1.29, 1.82) is 0 Å². The maximum Gasteiger partial charge on any atom is 0.277 e. The number of amides is 2. The molecule has 1 aliphatic rings. The van der Waals surface area contributed by atoms with Gasteiger partial charge in [-0.25, -0.2) is 4.52 Å². The van der Waals surface area contributed by atoms with Crippen molar-refractivity contribution >= 4 is 17.3 Å². The molecule has 3 aromatic rings. The van der Waals surface area contributed by atoms with E-state index in [1.807, 2.05) is 55.4 Å². The fraction of sp³-hybridized carbons (Fsp3) is 0.333. The largest absolute Gasteiger partial charge is 0.353 e. The Bertz CT molecular complexity index is 1040. The highest BCUT2D eigenvalue weighted by molar-refractivity contribution is 6.01. The Morgan fingerprint density at radius 3 is 2.69 bits per heavy atom. The monoisotopic (exact) mass is 392 g/mol. The average Bonchev–Trinajstić information content (AvgIpc) is 3.16. The smallest absolute Gasteiger partial charge is 0.277 e. The van der Waals surface area contributed by atoms with Gasteiger partial charge in [0.1, 0.15) is 6.04 Å². The lowest BCUT2D eigenvalue weighted by atomic mass is 9.93. The van der Waals surface area contributed by atoms with Crippen molar-refractivity contribution in [2.45, 2.75) is 19.0 Å². The summed E-state index contributed by atoms with van der Waals surface area (Å²) in [5.41, 5.74) is 3.03. The van der Waals surface area contributed by atoms with Gasteiger partial charge in [-0.3, -0.25) is 9.59 Å². The van der Waals surface area contributed by atoms with E-state index in [9.17, 15) is 9.59 Å². The number of hydrogen-bond acceptors (Lipinski definition) is 5. The van der Waals surface area contributed by atoms with Crippen LogP contribution in [0.1, 0.15) is 21.6 Å². The lowest BCUT2D eigenvalue weighted by Gasteiger charge is -2.35. The molecule has 1 aromatic carbocycles. The molecule has 0 bridgehead atoms. The van der Waals surface area contributed by atoms with Gasteiger partial charge in [0.2, 0.25) is 5.91 Å². The van der Waals surface area contributed by atoms with Crippen LogP contribution < -0.4 is 5.32 Å². The zero-order valence-electron chi connectivity index (χ0n) is 16.6. The lowest BCUT2D eigenvalue weighted by Crippen LogP contribution is -2.53. The molecule has 1 unspecified atom stereocenters. The first-order valence-corrected chi connectivity index (χ1v) is 9.65. The van der Waals surface area contributed by atoms with Gasteiger partial charge in [0, 0.05) is 32.3 Å². The minimum Gasteiger partial charge on any atom is -0.353 e. The highest BCUT2D eigenvalue weighted by atomic mass is 16.2. The van der Waals surface area contributed by atoms with E-state index in [0.29, 0.717) is 25.0 Å². The Hall–Kier alpha value is -3.26. The van der Waals surface area contributed by atoms with Gasteiger partial charge in [-0.15, -0.1) is 5.10 Å². The first-order valence-electron chi connectivity index (χ1n) is 9.65. The summed E-state index contributed by atoms with van der Waals surface area (Å²) in [5, 5.41) is 11.1. The molecule has 0 spiro atoms. The van der Waals surface area contributed by atoms with Crippen LogP contribution in [0.2, 0.25) is 0 Å². The van der Waals surface area contributed by atoms with E-state index in [1.54, 1.807) is 21.7 Å². The van der Waals surface area contributed by atoms with Gasteiger partial charge in [0.05, 0.1) is 5.52 Å². The van der Waals surface area contributed by atoms with Gasteiger partial charge in [-0.1, -0.05) is 35.5 Å². The van der Waals surface area contributed by atoms with E-state index < -0.39 is 6.04 Å². The Labute approximate surface area is 169 Å². The number of carbonyl (C=O) groups excluding carboxylic acids is 2. The summed E-state index contributed by atoms with van der Waals surface area (Å²) in [5.74, 6) is -0.431. The van der Waals surface area contributed by atoms with Gasteiger partial charge >= 0.3 is 0 Å². The third-order valence-electron chi connectivity index (χ3n) is 5.20. The first-order chi connectivity index (χ1) is 14.0. The van der Waals surface area contributed by atoms with Gasteiger partial charge in [-0.05, 0) is 37.4 Å². The molecule has 1 aliphatic heterocycles. The van der Waals surface area contributed by atoms with Gasteiger partial charge in [0.25, 0.3) is 5.91 Å². The van der Waals surface area contributed by atoms with Crippen molar-refractivity contribution in [2.75, 3.05) is 27.2 Å². The minimum absolute atomic E-state index is 0.147. The molecule has 150 valence electrons. The third kappa shape index (κ3) is 3.84. The molecule has 2 aromatic heterocycles. The molecule has 2 amide bonds. The topological polar surface area (TPSA) is 82.8 Å². The van der Waals surface area contributed by atoms with Crippen molar-refractivity contribution < 1.29 is 9.59 Å². The van der Waals surface area contributed by atoms with E-state index in [4.69, 9.17) is 0 Å². The molecule has 4 rings (SSSR count). The van der Waals surface area contributed by atoms with Crippen molar-refractivity contribution in [3.8, 4) is 0 Å². The van der Waals surface area contributed by atoms with E-state index in [1.165, 1.54) is 0 Å². The molecule has 3 heterocycles. The molecular formula is C21H24N6O2. The Balaban J connectivity index is 1.64. The van der Waals surface area contributed by atoms with Crippen LogP contribution in [0.3, 0.4) is 0 Å². The maximum absolute atomic E-state index is 13.4. The van der Waals surface area contributed by atoms with Crippen LogP contribution in [-0.4, -0.2) is 69.7 Å². The molecule has 1 atom stereocenters. The van der Waals surface area contributed by atoms with Crippen molar-refractivity contribution in [3.05, 3.63) is 65.5 Å². The van der Waals surface area contributed by atoms with Crippen LogP contribution in [-0.2, 0) is 17.8 Å². The van der Waals surface area contributed by atoms with Crippen LogP contribution in [0, 0.1) is 0 Å². The standard InChI is InChI=1S/C21H24N6O2/c1-25(2)12-10-22-20(28)18-13-15-7-3-4-8-16(15)14-26(18)21(29)19-17-9-5-6-11-27(17)24-23-19/h3-9,11,18H,10,12-14H2,1-2H3,(H,22,28). The fourth-order valence-corrected chi connectivity index (χ4v) is 3.62. The molecule has 0 fully saturated rings. The Kier molecular flexibility index (Phi) is 5.26. The number of nitrogens with zero attached hydrogens (tertiary/aromatic N) is 5. The fourth-order valence-electron chi connectivity index (χ4n) is 3.62. The lowest BCUT2D eigenvalue weighted by molar-refractivity contribution is -0.126. The molecule has 0 aliphatic carbocycles. The van der Waals surface area contributed by atoms with E-state index >= 15 is 0 Å². The number of pyridine rings is 1. The number of likely N-dealkylation sites (N-methyl/N-ethyl adjacent to an activating group) is 1.